The number of carbonyl (C=O) groups excluding carboxylic acids is 1. The van der Waals surface area contributed by atoms with Crippen LogP contribution < -0.4 is 16.0 Å². The first-order valence-corrected chi connectivity index (χ1v) is 9.61. The number of aryl methyl sites for hydroxylation is 2. The highest BCUT2D eigenvalue weighted by molar-refractivity contribution is 5.79. The van der Waals surface area contributed by atoms with E-state index in [1.807, 2.05) is 24.8 Å². The predicted octanol–water partition coefficient (Wildman–Crippen LogP) is 1.99. The fourth-order valence-electron chi connectivity index (χ4n) is 3.34. The van der Waals surface area contributed by atoms with Crippen molar-refractivity contribution in [2.45, 2.75) is 20.0 Å². The van der Waals surface area contributed by atoms with E-state index in [4.69, 9.17) is 10.5 Å². The smallest absolute Gasteiger partial charge is 0.248 e. The maximum atomic E-state index is 13.6. The minimum Gasteiger partial charge on any atom is -0.367 e. The van der Waals surface area contributed by atoms with Crippen LogP contribution in [0.5, 0.6) is 0 Å². The summed E-state index contributed by atoms with van der Waals surface area (Å²) >= 11 is 0. The molecule has 11 heteroatoms. The van der Waals surface area contributed by atoms with Gasteiger partial charge in [0.15, 0.2) is 23.6 Å². The van der Waals surface area contributed by atoms with E-state index in [1.165, 1.54) is 6.07 Å². The first kappa shape index (κ1) is 20.7. The van der Waals surface area contributed by atoms with Crippen molar-refractivity contribution in [1.29, 1.82) is 0 Å². The quantitative estimate of drug-likeness (QED) is 0.638. The van der Waals surface area contributed by atoms with E-state index in [-0.39, 0.29) is 18.2 Å². The summed E-state index contributed by atoms with van der Waals surface area (Å²) in [6, 6.07) is 7.06. The number of anilines is 3. The van der Waals surface area contributed by atoms with E-state index in [0.717, 1.165) is 23.5 Å². The van der Waals surface area contributed by atoms with Crippen LogP contribution in [0.2, 0.25) is 0 Å². The van der Waals surface area contributed by atoms with Crippen LogP contribution in [-0.4, -0.2) is 51.5 Å². The Hall–Kier alpha value is -3.60. The molecule has 3 aromatic rings. The zero-order valence-electron chi connectivity index (χ0n) is 17.0. The molecule has 1 aliphatic heterocycles. The Morgan fingerprint density at radius 3 is 2.61 bits per heavy atom. The van der Waals surface area contributed by atoms with E-state index >= 15 is 0 Å². The molecule has 3 N–H and O–H groups in total. The van der Waals surface area contributed by atoms with E-state index in [0.29, 0.717) is 24.8 Å². The number of nitrogens with zero attached hydrogens (tertiary/aromatic N) is 5. The van der Waals surface area contributed by atoms with Crippen molar-refractivity contribution in [3.05, 3.63) is 53.4 Å². The Morgan fingerprint density at radius 1 is 1.16 bits per heavy atom. The molecule has 4 rings (SSSR count). The number of nitrogens with two attached hydrogens (primary N) is 1. The average molecular weight is 429 g/mol. The summed E-state index contributed by atoms with van der Waals surface area (Å²) in [4.78, 5) is 22.4. The topological polar surface area (TPSA) is 111 Å². The Kier molecular flexibility index (Phi) is 5.51. The Morgan fingerprint density at radius 2 is 1.94 bits per heavy atom. The van der Waals surface area contributed by atoms with Gasteiger partial charge < -0.3 is 20.7 Å². The van der Waals surface area contributed by atoms with Gasteiger partial charge in [-0.15, -0.1) is 0 Å². The van der Waals surface area contributed by atoms with Crippen molar-refractivity contribution in [3.63, 3.8) is 0 Å². The molecule has 162 valence electrons. The molecule has 0 radical (unpaired) electrons. The molecule has 31 heavy (non-hydrogen) atoms. The molecule has 1 saturated heterocycles. The summed E-state index contributed by atoms with van der Waals surface area (Å²) in [6.45, 7) is 4.78. The fourth-order valence-corrected chi connectivity index (χ4v) is 3.34. The van der Waals surface area contributed by atoms with Crippen LogP contribution in [0.15, 0.2) is 30.3 Å². The van der Waals surface area contributed by atoms with Gasteiger partial charge >= 0.3 is 0 Å². The Balaban J connectivity index is 1.74. The lowest BCUT2D eigenvalue weighted by molar-refractivity contribution is -0.130. The lowest BCUT2D eigenvalue weighted by Gasteiger charge is -2.32. The van der Waals surface area contributed by atoms with E-state index in [2.05, 4.69) is 20.4 Å². The van der Waals surface area contributed by atoms with Crippen LogP contribution in [0, 0.1) is 25.5 Å². The molecule has 1 aliphatic rings. The van der Waals surface area contributed by atoms with Gasteiger partial charge in [0.25, 0.3) is 0 Å². The SMILES string of the molecule is Cc1cc(C)n(-c2cc(N3CCO[C@@H](C(N)=O)C3)nc(Nc3ccc(F)c(F)c3)n2)n1. The molecular weight excluding hydrogens is 408 g/mol. The molecule has 1 fully saturated rings. The summed E-state index contributed by atoms with van der Waals surface area (Å²) in [5.74, 6) is -1.35. The number of nitrogens with one attached hydrogen (secondary N) is 1. The second-order valence-electron chi connectivity index (χ2n) is 7.21. The number of benzene rings is 1. The predicted molar refractivity (Wildman–Crippen MR) is 109 cm³/mol. The average Bonchev–Trinajstić information content (AvgIpc) is 3.08. The molecule has 0 saturated carbocycles. The fraction of sp³-hybridized carbons (Fsp3) is 0.300. The molecule has 1 atom stereocenters. The molecule has 9 nitrogen and oxygen atoms in total. The summed E-state index contributed by atoms with van der Waals surface area (Å²) in [6.07, 6.45) is -0.761. The highest BCUT2D eigenvalue weighted by atomic mass is 19.2. The first-order chi connectivity index (χ1) is 14.8. The number of primary amides is 1. The van der Waals surface area contributed by atoms with Crippen LogP contribution in [0.3, 0.4) is 0 Å². The third-order valence-corrected chi connectivity index (χ3v) is 4.81. The summed E-state index contributed by atoms with van der Waals surface area (Å²) in [5, 5.41) is 7.36. The molecule has 0 spiro atoms. The van der Waals surface area contributed by atoms with E-state index in [9.17, 15) is 13.6 Å². The molecule has 0 aliphatic carbocycles. The summed E-state index contributed by atoms with van der Waals surface area (Å²) < 4.78 is 34.0. The zero-order chi connectivity index (χ0) is 22.1. The number of hydrogen-bond acceptors (Lipinski definition) is 7. The van der Waals surface area contributed by atoms with Gasteiger partial charge in [0.1, 0.15) is 5.82 Å². The van der Waals surface area contributed by atoms with Crippen molar-refractivity contribution < 1.29 is 18.3 Å². The molecule has 1 amide bonds. The number of aromatic nitrogens is 4. The maximum absolute atomic E-state index is 13.6. The molecule has 1 aromatic carbocycles. The second kappa shape index (κ2) is 8.26. The van der Waals surface area contributed by atoms with Crippen molar-refractivity contribution in [1.82, 2.24) is 19.7 Å². The van der Waals surface area contributed by atoms with Crippen LogP contribution >= 0.6 is 0 Å². The standard InChI is InChI=1S/C20H21F2N7O2/c1-11-7-12(2)29(27-11)18-9-17(28-5-6-31-16(10-28)19(23)30)25-20(26-18)24-13-3-4-14(21)15(22)8-13/h3-4,7-9,16H,5-6,10H2,1-2H3,(H2,23,30)(H,24,25,26)/t16-/m1/s1. The lowest BCUT2D eigenvalue weighted by Crippen LogP contribution is -2.48. The van der Waals surface area contributed by atoms with E-state index < -0.39 is 23.6 Å². The molecule has 3 heterocycles. The van der Waals surface area contributed by atoms with Crippen molar-refractivity contribution in [2.24, 2.45) is 5.73 Å². The van der Waals surface area contributed by atoms with Gasteiger partial charge in [0.2, 0.25) is 11.9 Å². The molecule has 2 aromatic heterocycles. The normalized spacial score (nSPS) is 16.4. The highest BCUT2D eigenvalue weighted by Gasteiger charge is 2.26. The molecular formula is C20H21F2N7O2. The second-order valence-corrected chi connectivity index (χ2v) is 7.21. The van der Waals surface area contributed by atoms with Crippen molar-refractivity contribution in [3.8, 4) is 5.82 Å². The van der Waals surface area contributed by atoms with E-state index in [1.54, 1.807) is 10.7 Å². The lowest BCUT2D eigenvalue weighted by atomic mass is 10.2. The van der Waals surface area contributed by atoms with Crippen LogP contribution in [0.1, 0.15) is 11.4 Å². The number of hydrogen-bond donors (Lipinski definition) is 2. The van der Waals surface area contributed by atoms with Gasteiger partial charge in [-0.1, -0.05) is 0 Å². The monoisotopic (exact) mass is 429 g/mol. The van der Waals surface area contributed by atoms with Crippen LogP contribution in [0.4, 0.5) is 26.2 Å². The maximum Gasteiger partial charge on any atom is 0.248 e. The van der Waals surface area contributed by atoms with Gasteiger partial charge in [-0.3, -0.25) is 4.79 Å². The number of amides is 1. The molecule has 0 bridgehead atoms. The number of rotatable bonds is 5. The van der Waals surface area contributed by atoms with Gasteiger partial charge in [-0.05, 0) is 32.0 Å². The largest absolute Gasteiger partial charge is 0.367 e. The van der Waals surface area contributed by atoms with Crippen molar-refractivity contribution in [2.75, 3.05) is 29.9 Å². The number of halogens is 2. The minimum atomic E-state index is -0.989. The summed E-state index contributed by atoms with van der Waals surface area (Å²) in [7, 11) is 0. The Bertz CT molecular complexity index is 1130. The Labute approximate surface area is 176 Å². The van der Waals surface area contributed by atoms with Gasteiger partial charge in [-0.25, -0.2) is 13.5 Å². The zero-order valence-corrected chi connectivity index (χ0v) is 17.0. The number of morpholine rings is 1. The third kappa shape index (κ3) is 4.45. The molecule has 0 unspecified atom stereocenters. The van der Waals surface area contributed by atoms with Gasteiger partial charge in [-0.2, -0.15) is 15.1 Å². The van der Waals surface area contributed by atoms with Gasteiger partial charge in [0.05, 0.1) is 18.8 Å². The number of ether oxygens (including phenoxy) is 1. The van der Waals surface area contributed by atoms with Gasteiger partial charge in [0, 0.05) is 30.1 Å². The first-order valence-electron chi connectivity index (χ1n) is 9.61. The summed E-state index contributed by atoms with van der Waals surface area (Å²) in [5.41, 5.74) is 7.35. The third-order valence-electron chi connectivity index (χ3n) is 4.81. The van der Waals surface area contributed by atoms with Crippen molar-refractivity contribution >= 4 is 23.4 Å². The number of carbonyl (C=O) groups is 1. The minimum absolute atomic E-state index is 0.160. The van der Waals surface area contributed by atoms with Crippen LogP contribution in [-0.2, 0) is 9.53 Å². The highest BCUT2D eigenvalue weighted by Crippen LogP contribution is 2.24. The van der Waals surface area contributed by atoms with Crippen LogP contribution in [0.25, 0.3) is 5.82 Å².